The third-order valence-electron chi connectivity index (χ3n) is 6.53. The van der Waals surface area contributed by atoms with Crippen LogP contribution >= 0.6 is 0 Å². The van der Waals surface area contributed by atoms with E-state index in [0.717, 1.165) is 36.8 Å². The minimum absolute atomic E-state index is 0.0242. The highest BCUT2D eigenvalue weighted by Gasteiger charge is 2.37. The molecule has 4 rings (SSSR count). The number of pyridine rings is 1. The van der Waals surface area contributed by atoms with E-state index >= 15 is 0 Å². The molecular weight excluding hydrogens is 437 g/mol. The van der Waals surface area contributed by atoms with Gasteiger partial charge < -0.3 is 25.0 Å². The van der Waals surface area contributed by atoms with Crippen LogP contribution in [0.25, 0.3) is 11.0 Å². The van der Waals surface area contributed by atoms with Gasteiger partial charge in [-0.2, -0.15) is 13.2 Å². The van der Waals surface area contributed by atoms with Gasteiger partial charge in [-0.3, -0.25) is 9.59 Å². The van der Waals surface area contributed by atoms with E-state index in [1.54, 1.807) is 31.4 Å². The Morgan fingerprint density at radius 3 is 2.67 bits per heavy atom. The number of alkyl halides is 3. The number of nitrogens with one attached hydrogen (secondary N) is 2. The first kappa shape index (κ1) is 23.3. The number of halogens is 3. The number of fused-ring (bicyclic) bond motifs is 3. The molecule has 2 N–H and O–H groups in total. The van der Waals surface area contributed by atoms with Gasteiger partial charge in [-0.05, 0) is 44.2 Å². The summed E-state index contributed by atoms with van der Waals surface area (Å²) in [6.45, 7) is -0.361. The van der Waals surface area contributed by atoms with Crippen molar-refractivity contribution >= 4 is 28.5 Å². The number of amides is 2. The third kappa shape index (κ3) is 5.07. The Kier molecular flexibility index (Phi) is 6.51. The fourth-order valence-corrected chi connectivity index (χ4v) is 4.75. The van der Waals surface area contributed by atoms with Gasteiger partial charge in [0.15, 0.2) is 0 Å². The van der Waals surface area contributed by atoms with Gasteiger partial charge in [0.05, 0.1) is 24.5 Å². The molecule has 2 amide bonds. The molecule has 0 spiro atoms. The van der Waals surface area contributed by atoms with Crippen molar-refractivity contribution in [1.82, 2.24) is 25.1 Å². The molecule has 0 atom stereocenters. The van der Waals surface area contributed by atoms with Crippen LogP contribution in [-0.2, 0) is 4.79 Å². The predicted molar refractivity (Wildman–Crippen MR) is 118 cm³/mol. The molecule has 1 saturated carbocycles. The maximum absolute atomic E-state index is 13.2. The van der Waals surface area contributed by atoms with Crippen LogP contribution in [0, 0.1) is 5.92 Å². The Balaban J connectivity index is 1.53. The number of aromatic amines is 1. The maximum atomic E-state index is 13.2. The van der Waals surface area contributed by atoms with Gasteiger partial charge in [0.2, 0.25) is 5.91 Å². The van der Waals surface area contributed by atoms with Crippen LogP contribution in [-0.4, -0.2) is 84.2 Å². The van der Waals surface area contributed by atoms with E-state index in [1.165, 1.54) is 4.90 Å². The minimum Gasteiger partial charge on any atom is -0.349 e. The molecule has 2 aromatic heterocycles. The number of rotatable bonds is 6. The fourth-order valence-electron chi connectivity index (χ4n) is 4.75. The average Bonchev–Trinajstić information content (AvgIpc) is 3.24. The number of carbonyl (C=O) groups excluding carboxylic acids is 2. The number of anilines is 1. The van der Waals surface area contributed by atoms with Crippen LogP contribution in [0.5, 0.6) is 0 Å². The molecule has 33 heavy (non-hydrogen) atoms. The molecule has 3 heterocycles. The SMILES string of the molecule is CN(C)C(=O)CN1CN(C2CCC(CNCC(F)(F)F)CC2)c2c(cnc3[nH]ccc23)C1=O. The highest BCUT2D eigenvalue weighted by atomic mass is 19.4. The zero-order valence-electron chi connectivity index (χ0n) is 18.8. The van der Waals surface area contributed by atoms with Gasteiger partial charge in [-0.1, -0.05) is 0 Å². The van der Waals surface area contributed by atoms with Crippen molar-refractivity contribution in [2.45, 2.75) is 37.9 Å². The molecule has 0 unspecified atom stereocenters. The highest BCUT2D eigenvalue weighted by molar-refractivity contribution is 6.09. The molecular formula is C22H29F3N6O2. The molecule has 0 bridgehead atoms. The quantitative estimate of drug-likeness (QED) is 0.684. The van der Waals surface area contributed by atoms with Crippen LogP contribution in [0.2, 0.25) is 0 Å². The number of hydrogen-bond donors (Lipinski definition) is 2. The third-order valence-corrected chi connectivity index (χ3v) is 6.53. The molecule has 2 aromatic rings. The van der Waals surface area contributed by atoms with E-state index in [4.69, 9.17) is 0 Å². The largest absolute Gasteiger partial charge is 0.401 e. The summed E-state index contributed by atoms with van der Waals surface area (Å²) < 4.78 is 37.3. The zero-order valence-corrected chi connectivity index (χ0v) is 18.8. The summed E-state index contributed by atoms with van der Waals surface area (Å²) in [6, 6.07) is 2.02. The summed E-state index contributed by atoms with van der Waals surface area (Å²) in [5, 5.41) is 3.38. The van der Waals surface area contributed by atoms with Gasteiger partial charge in [0.25, 0.3) is 5.91 Å². The standard InChI is InChI=1S/C22H29F3N6O2/c1-29(2)18(32)11-30-13-31(15-5-3-14(4-6-15)9-26-12-22(23,24)25)19-16-7-8-27-20(16)28-10-17(19)21(30)33/h7-8,10,14-15,26H,3-6,9,11-13H2,1-2H3,(H,27,28). The molecule has 8 nitrogen and oxygen atoms in total. The molecule has 2 aliphatic rings. The number of likely N-dealkylation sites (N-methyl/N-ethyl adjacent to an activating group) is 1. The lowest BCUT2D eigenvalue weighted by Gasteiger charge is -2.44. The van der Waals surface area contributed by atoms with Crippen molar-refractivity contribution in [2.75, 3.05) is 45.3 Å². The van der Waals surface area contributed by atoms with Crippen LogP contribution in [0.4, 0.5) is 18.9 Å². The lowest BCUT2D eigenvalue weighted by Crippen LogP contribution is -2.54. The Hall–Kier alpha value is -2.82. The predicted octanol–water partition coefficient (Wildman–Crippen LogP) is 2.58. The molecule has 0 radical (unpaired) electrons. The zero-order chi connectivity index (χ0) is 23.8. The van der Waals surface area contributed by atoms with Crippen molar-refractivity contribution in [1.29, 1.82) is 0 Å². The molecule has 0 saturated heterocycles. The van der Waals surface area contributed by atoms with E-state index in [0.29, 0.717) is 17.8 Å². The first-order valence-electron chi connectivity index (χ1n) is 11.1. The second-order valence-electron chi connectivity index (χ2n) is 9.08. The number of H-pyrrole nitrogens is 1. The number of nitrogens with zero attached hydrogens (tertiary/aromatic N) is 4. The normalized spacial score (nSPS) is 21.4. The average molecular weight is 467 g/mol. The molecule has 11 heteroatoms. The highest BCUT2D eigenvalue weighted by Crippen LogP contribution is 2.38. The summed E-state index contributed by atoms with van der Waals surface area (Å²) >= 11 is 0. The topological polar surface area (TPSA) is 84.6 Å². The van der Waals surface area contributed by atoms with Crippen molar-refractivity contribution in [3.05, 3.63) is 24.0 Å². The Morgan fingerprint density at radius 2 is 2.00 bits per heavy atom. The number of carbonyl (C=O) groups is 2. The minimum atomic E-state index is -4.20. The van der Waals surface area contributed by atoms with Crippen molar-refractivity contribution in [3.63, 3.8) is 0 Å². The summed E-state index contributed by atoms with van der Waals surface area (Å²) in [5.41, 5.74) is 1.97. The van der Waals surface area contributed by atoms with E-state index in [1.807, 2.05) is 6.07 Å². The maximum Gasteiger partial charge on any atom is 0.401 e. The fraction of sp³-hybridized carbons (Fsp3) is 0.591. The van der Waals surface area contributed by atoms with Gasteiger partial charge in [0, 0.05) is 37.9 Å². The van der Waals surface area contributed by atoms with Crippen LogP contribution in [0.15, 0.2) is 18.5 Å². The van der Waals surface area contributed by atoms with E-state index < -0.39 is 12.7 Å². The lowest BCUT2D eigenvalue weighted by molar-refractivity contribution is -0.129. The summed E-state index contributed by atoms with van der Waals surface area (Å²) in [6.07, 6.45) is 2.34. The van der Waals surface area contributed by atoms with Gasteiger partial charge in [-0.25, -0.2) is 4.98 Å². The number of aromatic nitrogens is 2. The Bertz CT molecular complexity index is 1010. The first-order chi connectivity index (χ1) is 15.6. The summed E-state index contributed by atoms with van der Waals surface area (Å²) in [4.78, 5) is 38.2. The molecule has 0 aromatic carbocycles. The van der Waals surface area contributed by atoms with Crippen molar-refractivity contribution < 1.29 is 22.8 Å². The Labute approximate surface area is 190 Å². The molecule has 1 aliphatic heterocycles. The van der Waals surface area contributed by atoms with E-state index in [2.05, 4.69) is 20.2 Å². The smallest absolute Gasteiger partial charge is 0.349 e. The van der Waals surface area contributed by atoms with Gasteiger partial charge >= 0.3 is 6.18 Å². The summed E-state index contributed by atoms with van der Waals surface area (Å²) in [5.74, 6) is -0.204. The molecule has 1 aliphatic carbocycles. The second kappa shape index (κ2) is 9.20. The Morgan fingerprint density at radius 1 is 1.27 bits per heavy atom. The lowest BCUT2D eigenvalue weighted by atomic mass is 9.84. The van der Waals surface area contributed by atoms with Crippen molar-refractivity contribution in [2.24, 2.45) is 5.92 Å². The van der Waals surface area contributed by atoms with Gasteiger partial charge in [0.1, 0.15) is 12.2 Å². The number of hydrogen-bond acceptors (Lipinski definition) is 5. The van der Waals surface area contributed by atoms with Gasteiger partial charge in [-0.15, -0.1) is 0 Å². The van der Waals surface area contributed by atoms with Crippen molar-refractivity contribution in [3.8, 4) is 0 Å². The first-order valence-corrected chi connectivity index (χ1v) is 11.1. The molecule has 1 fully saturated rings. The van der Waals surface area contributed by atoms with E-state index in [-0.39, 0.29) is 37.0 Å². The summed E-state index contributed by atoms with van der Waals surface area (Å²) in [7, 11) is 3.31. The molecule has 180 valence electrons. The van der Waals surface area contributed by atoms with Crippen LogP contribution < -0.4 is 10.2 Å². The van der Waals surface area contributed by atoms with Crippen LogP contribution in [0.3, 0.4) is 0 Å². The van der Waals surface area contributed by atoms with E-state index in [9.17, 15) is 22.8 Å². The van der Waals surface area contributed by atoms with Crippen LogP contribution in [0.1, 0.15) is 36.0 Å². The second-order valence-corrected chi connectivity index (χ2v) is 9.08. The monoisotopic (exact) mass is 466 g/mol.